The van der Waals surface area contributed by atoms with Crippen LogP contribution in [0.1, 0.15) is 17.2 Å². The zero-order chi connectivity index (χ0) is 17.3. The Morgan fingerprint density at radius 2 is 2.04 bits per heavy atom. The van der Waals surface area contributed by atoms with Gasteiger partial charge in [0.25, 0.3) is 0 Å². The maximum atomic E-state index is 12.8. The fourth-order valence-electron chi connectivity index (χ4n) is 2.63. The van der Waals surface area contributed by atoms with Crippen molar-refractivity contribution in [3.05, 3.63) is 51.8 Å². The van der Waals surface area contributed by atoms with Gasteiger partial charge >= 0.3 is 0 Å². The highest BCUT2D eigenvalue weighted by Crippen LogP contribution is 2.29. The number of morpholine rings is 1. The van der Waals surface area contributed by atoms with Crippen molar-refractivity contribution in [2.45, 2.75) is 11.9 Å². The lowest BCUT2D eigenvalue weighted by Crippen LogP contribution is -2.42. The van der Waals surface area contributed by atoms with Crippen LogP contribution in [0.5, 0.6) is 0 Å². The molecule has 1 saturated heterocycles. The first-order chi connectivity index (χ1) is 11.4. The highest BCUT2D eigenvalue weighted by Gasteiger charge is 2.31. The first-order valence-electron chi connectivity index (χ1n) is 7.37. The van der Waals surface area contributed by atoms with E-state index < -0.39 is 10.0 Å². The number of halogens is 2. The van der Waals surface area contributed by atoms with Crippen molar-refractivity contribution in [3.63, 3.8) is 0 Å². The van der Waals surface area contributed by atoms with Gasteiger partial charge in [-0.3, -0.25) is 4.68 Å². The standard InChI is InChI=1S/C15H17Cl2N3O3S/c1-19-8-11(7-18-19)15-9-20(5-6-23-15)24(21,22)10-12-13(16)3-2-4-14(12)17/h2-4,7-8,15H,5-6,9-10H2,1H3/t15-/m0/s1. The maximum absolute atomic E-state index is 12.8. The number of ether oxygens (including phenoxy) is 1. The molecule has 6 nitrogen and oxygen atoms in total. The molecule has 0 radical (unpaired) electrons. The second kappa shape index (κ2) is 7.01. The predicted molar refractivity (Wildman–Crippen MR) is 92.6 cm³/mol. The molecule has 130 valence electrons. The summed E-state index contributed by atoms with van der Waals surface area (Å²) in [5.74, 6) is -0.231. The number of aromatic nitrogens is 2. The van der Waals surface area contributed by atoms with Crippen LogP contribution in [-0.2, 0) is 27.6 Å². The van der Waals surface area contributed by atoms with Crippen LogP contribution in [0.25, 0.3) is 0 Å². The van der Waals surface area contributed by atoms with Crippen molar-refractivity contribution in [2.24, 2.45) is 7.05 Å². The van der Waals surface area contributed by atoms with Crippen molar-refractivity contribution < 1.29 is 13.2 Å². The van der Waals surface area contributed by atoms with E-state index in [0.717, 1.165) is 5.56 Å². The average Bonchev–Trinajstić information content (AvgIpc) is 2.98. The number of aryl methyl sites for hydroxylation is 1. The molecule has 0 N–H and O–H groups in total. The minimum Gasteiger partial charge on any atom is -0.371 e. The Morgan fingerprint density at radius 1 is 1.33 bits per heavy atom. The molecular weight excluding hydrogens is 373 g/mol. The number of sulfonamides is 1. The Morgan fingerprint density at radius 3 is 2.67 bits per heavy atom. The van der Waals surface area contributed by atoms with Crippen LogP contribution in [0.15, 0.2) is 30.6 Å². The molecular formula is C15H17Cl2N3O3S. The molecule has 9 heteroatoms. The Bertz CT molecular complexity index is 818. The largest absolute Gasteiger partial charge is 0.371 e. The molecule has 1 aromatic carbocycles. The summed E-state index contributed by atoms with van der Waals surface area (Å²) in [5, 5.41) is 4.80. The molecule has 1 aliphatic heterocycles. The molecule has 0 amide bonds. The van der Waals surface area contributed by atoms with Gasteiger partial charge in [0.05, 0.1) is 24.7 Å². The fraction of sp³-hybridized carbons (Fsp3) is 0.400. The second-order valence-electron chi connectivity index (χ2n) is 5.62. The molecule has 1 atom stereocenters. The number of benzene rings is 1. The van der Waals surface area contributed by atoms with E-state index in [-0.39, 0.29) is 18.4 Å². The predicted octanol–water partition coefficient (Wildman–Crippen LogP) is 2.63. The summed E-state index contributed by atoms with van der Waals surface area (Å²) in [5.41, 5.74) is 1.28. The van der Waals surface area contributed by atoms with Gasteiger partial charge in [-0.1, -0.05) is 29.3 Å². The fourth-order valence-corrected chi connectivity index (χ4v) is 4.89. The van der Waals surface area contributed by atoms with Gasteiger partial charge in [0.15, 0.2) is 0 Å². The molecule has 0 aliphatic carbocycles. The van der Waals surface area contributed by atoms with Crippen molar-refractivity contribution in [2.75, 3.05) is 19.7 Å². The van der Waals surface area contributed by atoms with E-state index in [9.17, 15) is 8.42 Å². The van der Waals surface area contributed by atoms with Gasteiger partial charge in [0.1, 0.15) is 0 Å². The molecule has 0 saturated carbocycles. The summed E-state index contributed by atoms with van der Waals surface area (Å²) in [7, 11) is -1.75. The molecule has 3 rings (SSSR count). The van der Waals surface area contributed by atoms with Crippen LogP contribution in [0.2, 0.25) is 10.0 Å². The Labute approximate surface area is 151 Å². The molecule has 1 aromatic heterocycles. The highest BCUT2D eigenvalue weighted by atomic mass is 35.5. The number of hydrogen-bond acceptors (Lipinski definition) is 4. The molecule has 2 aromatic rings. The van der Waals surface area contributed by atoms with Crippen LogP contribution in [-0.4, -0.2) is 42.2 Å². The molecule has 1 aliphatic rings. The summed E-state index contributed by atoms with van der Waals surface area (Å²) >= 11 is 12.2. The minimum absolute atomic E-state index is 0.231. The Balaban J connectivity index is 1.79. The minimum atomic E-state index is -3.56. The molecule has 0 unspecified atom stereocenters. The second-order valence-corrected chi connectivity index (χ2v) is 8.40. The topological polar surface area (TPSA) is 64.4 Å². The molecule has 1 fully saturated rings. The van der Waals surface area contributed by atoms with Crippen molar-refractivity contribution >= 4 is 33.2 Å². The third-order valence-corrected chi connectivity index (χ3v) is 6.39. The molecule has 24 heavy (non-hydrogen) atoms. The summed E-state index contributed by atoms with van der Waals surface area (Å²) in [6, 6.07) is 4.96. The van der Waals surface area contributed by atoms with E-state index in [0.29, 0.717) is 28.8 Å². The van der Waals surface area contributed by atoms with Crippen LogP contribution in [0.3, 0.4) is 0 Å². The SMILES string of the molecule is Cn1cc([C@@H]2CN(S(=O)(=O)Cc3c(Cl)cccc3Cl)CCO2)cn1. The summed E-state index contributed by atoms with van der Waals surface area (Å²) in [6.45, 7) is 0.881. The van der Waals surface area contributed by atoms with Crippen molar-refractivity contribution in [3.8, 4) is 0 Å². The van der Waals surface area contributed by atoms with Gasteiger partial charge in [0, 0.05) is 47.5 Å². The first kappa shape index (κ1) is 17.7. The lowest BCUT2D eigenvalue weighted by atomic mass is 10.2. The highest BCUT2D eigenvalue weighted by molar-refractivity contribution is 7.88. The monoisotopic (exact) mass is 389 g/mol. The van der Waals surface area contributed by atoms with Gasteiger partial charge in [-0.05, 0) is 12.1 Å². The third-order valence-electron chi connectivity index (χ3n) is 3.91. The van der Waals surface area contributed by atoms with Gasteiger partial charge in [-0.2, -0.15) is 9.40 Å². The zero-order valence-electron chi connectivity index (χ0n) is 13.0. The van der Waals surface area contributed by atoms with E-state index in [1.165, 1.54) is 4.31 Å². The quantitative estimate of drug-likeness (QED) is 0.805. The molecule has 0 spiro atoms. The van der Waals surface area contributed by atoms with E-state index in [1.807, 2.05) is 6.20 Å². The third kappa shape index (κ3) is 3.75. The van der Waals surface area contributed by atoms with E-state index in [2.05, 4.69) is 5.10 Å². The van der Waals surface area contributed by atoms with Crippen molar-refractivity contribution in [1.82, 2.24) is 14.1 Å². The Kier molecular flexibility index (Phi) is 5.17. The number of nitrogens with zero attached hydrogens (tertiary/aromatic N) is 3. The average molecular weight is 390 g/mol. The van der Waals surface area contributed by atoms with E-state index >= 15 is 0 Å². The van der Waals surface area contributed by atoms with Crippen LogP contribution in [0, 0.1) is 0 Å². The zero-order valence-corrected chi connectivity index (χ0v) is 15.4. The van der Waals surface area contributed by atoms with E-state index in [4.69, 9.17) is 27.9 Å². The normalized spacial score (nSPS) is 19.5. The first-order valence-corrected chi connectivity index (χ1v) is 9.74. The Hall–Kier alpha value is -1.12. The van der Waals surface area contributed by atoms with E-state index in [1.54, 1.807) is 36.1 Å². The number of hydrogen-bond donors (Lipinski definition) is 0. The lowest BCUT2D eigenvalue weighted by molar-refractivity contribution is -0.00263. The van der Waals surface area contributed by atoms with Gasteiger partial charge < -0.3 is 4.74 Å². The van der Waals surface area contributed by atoms with Crippen LogP contribution >= 0.6 is 23.2 Å². The molecule has 0 bridgehead atoms. The molecule has 2 heterocycles. The van der Waals surface area contributed by atoms with Gasteiger partial charge in [-0.25, -0.2) is 8.42 Å². The maximum Gasteiger partial charge on any atom is 0.218 e. The van der Waals surface area contributed by atoms with Gasteiger partial charge in [-0.15, -0.1) is 0 Å². The van der Waals surface area contributed by atoms with Crippen molar-refractivity contribution in [1.29, 1.82) is 0 Å². The summed E-state index contributed by atoms with van der Waals surface area (Å²) < 4.78 is 34.3. The van der Waals surface area contributed by atoms with Gasteiger partial charge in [0.2, 0.25) is 10.0 Å². The summed E-state index contributed by atoms with van der Waals surface area (Å²) in [4.78, 5) is 0. The van der Waals surface area contributed by atoms with Crippen LogP contribution < -0.4 is 0 Å². The number of rotatable bonds is 4. The van der Waals surface area contributed by atoms with Crippen LogP contribution in [0.4, 0.5) is 0 Å². The lowest BCUT2D eigenvalue weighted by Gasteiger charge is -2.31. The summed E-state index contributed by atoms with van der Waals surface area (Å²) in [6.07, 6.45) is 3.18. The smallest absolute Gasteiger partial charge is 0.218 e.